The Balaban J connectivity index is 1.31. The first-order valence-electron chi connectivity index (χ1n) is 8.45. The van der Waals surface area contributed by atoms with Crippen molar-refractivity contribution in [1.29, 1.82) is 0 Å². The van der Waals surface area contributed by atoms with Gasteiger partial charge in [-0.05, 0) is 31.5 Å². The Kier molecular flexibility index (Phi) is 4.69. The van der Waals surface area contributed by atoms with Gasteiger partial charge >= 0.3 is 0 Å². The van der Waals surface area contributed by atoms with E-state index in [1.807, 2.05) is 30.3 Å². The number of piperidine rings is 1. The minimum Gasteiger partial charge on any atom is -0.493 e. The molecule has 0 unspecified atom stereocenters. The second-order valence-corrected chi connectivity index (χ2v) is 6.21. The van der Waals surface area contributed by atoms with Crippen LogP contribution in [0.3, 0.4) is 0 Å². The third-order valence-electron chi connectivity index (χ3n) is 4.29. The zero-order chi connectivity index (χ0) is 16.9. The minimum absolute atomic E-state index is 0.438. The Labute approximate surface area is 145 Å². The van der Waals surface area contributed by atoms with E-state index in [2.05, 4.69) is 30.2 Å². The Morgan fingerprint density at radius 3 is 3.04 bits per heavy atom. The average Bonchev–Trinajstić information content (AvgIpc) is 3.33. The van der Waals surface area contributed by atoms with Gasteiger partial charge in [0.2, 0.25) is 11.7 Å². The molecule has 0 spiro atoms. The van der Waals surface area contributed by atoms with E-state index in [4.69, 9.17) is 9.26 Å². The first-order chi connectivity index (χ1) is 12.4. The van der Waals surface area contributed by atoms with E-state index >= 15 is 0 Å². The van der Waals surface area contributed by atoms with Crippen molar-refractivity contribution in [2.75, 3.05) is 19.7 Å². The fraction of sp³-hybridized carbons (Fsp3) is 0.412. The molecule has 0 bridgehead atoms. The molecular weight excluding hydrogens is 320 g/mol. The first kappa shape index (κ1) is 15.8. The van der Waals surface area contributed by atoms with Gasteiger partial charge in [-0.1, -0.05) is 23.4 Å². The molecule has 2 aromatic heterocycles. The molecule has 3 aromatic rings. The number of aromatic nitrogens is 5. The zero-order valence-electron chi connectivity index (χ0n) is 13.8. The SMILES string of the molecule is c1ccc(OC[C@H]2CCCN(Cc3nc(-c4ncn[nH]4)no3)C2)cc1. The normalized spacial score (nSPS) is 18.3. The van der Waals surface area contributed by atoms with E-state index in [0.29, 0.717) is 30.0 Å². The van der Waals surface area contributed by atoms with E-state index < -0.39 is 0 Å². The molecule has 1 N–H and O–H groups in total. The Bertz CT molecular complexity index is 774. The average molecular weight is 340 g/mol. The number of hydrogen-bond acceptors (Lipinski definition) is 7. The van der Waals surface area contributed by atoms with Crippen molar-refractivity contribution in [3.8, 4) is 17.4 Å². The molecule has 0 amide bonds. The maximum absolute atomic E-state index is 5.90. The van der Waals surface area contributed by atoms with Gasteiger partial charge in [0.15, 0.2) is 5.82 Å². The summed E-state index contributed by atoms with van der Waals surface area (Å²) in [6, 6.07) is 9.95. The van der Waals surface area contributed by atoms with Gasteiger partial charge in [-0.2, -0.15) is 10.1 Å². The standard InChI is InChI=1S/C17H20N6O2/c1-2-6-14(7-3-1)24-11-13-5-4-8-23(9-13)10-15-20-17(22-25-15)16-18-12-19-21-16/h1-3,6-7,12-13H,4-5,8-11H2,(H,18,19,21)/t13-/m0/s1. The van der Waals surface area contributed by atoms with Gasteiger partial charge in [-0.15, -0.1) is 0 Å². The molecule has 1 saturated heterocycles. The summed E-state index contributed by atoms with van der Waals surface area (Å²) < 4.78 is 11.2. The molecule has 1 aromatic carbocycles. The number of rotatable bonds is 6. The predicted octanol–water partition coefficient (Wildman–Crippen LogP) is 2.15. The summed E-state index contributed by atoms with van der Waals surface area (Å²) in [5.41, 5.74) is 0. The summed E-state index contributed by atoms with van der Waals surface area (Å²) in [4.78, 5) is 10.7. The lowest BCUT2D eigenvalue weighted by atomic mass is 9.99. The molecule has 25 heavy (non-hydrogen) atoms. The van der Waals surface area contributed by atoms with Crippen LogP contribution in [0.15, 0.2) is 41.2 Å². The lowest BCUT2D eigenvalue weighted by Crippen LogP contribution is -2.37. The van der Waals surface area contributed by atoms with Crippen molar-refractivity contribution >= 4 is 0 Å². The number of hydrogen-bond donors (Lipinski definition) is 1. The van der Waals surface area contributed by atoms with Crippen molar-refractivity contribution in [1.82, 2.24) is 30.2 Å². The Morgan fingerprint density at radius 2 is 2.20 bits per heavy atom. The van der Waals surface area contributed by atoms with Crippen LogP contribution in [0, 0.1) is 5.92 Å². The lowest BCUT2D eigenvalue weighted by molar-refractivity contribution is 0.115. The Hall–Kier alpha value is -2.74. The number of para-hydroxylation sites is 1. The summed E-state index contributed by atoms with van der Waals surface area (Å²) in [5, 5.41) is 10.5. The largest absolute Gasteiger partial charge is 0.493 e. The molecule has 0 aliphatic carbocycles. The van der Waals surface area contributed by atoms with Gasteiger partial charge in [0.1, 0.15) is 12.1 Å². The molecule has 0 radical (unpaired) electrons. The number of nitrogens with one attached hydrogen (secondary N) is 1. The van der Waals surface area contributed by atoms with Gasteiger partial charge in [0.05, 0.1) is 13.2 Å². The second kappa shape index (κ2) is 7.43. The van der Waals surface area contributed by atoms with Crippen LogP contribution >= 0.6 is 0 Å². The number of benzene rings is 1. The van der Waals surface area contributed by atoms with Gasteiger partial charge in [0, 0.05) is 12.5 Å². The summed E-state index contributed by atoms with van der Waals surface area (Å²) in [6.45, 7) is 3.37. The molecule has 1 fully saturated rings. The number of aromatic amines is 1. The van der Waals surface area contributed by atoms with Crippen molar-refractivity contribution < 1.29 is 9.26 Å². The molecule has 8 heteroatoms. The smallest absolute Gasteiger partial charge is 0.241 e. The summed E-state index contributed by atoms with van der Waals surface area (Å²) in [6.07, 6.45) is 3.75. The molecule has 3 heterocycles. The lowest BCUT2D eigenvalue weighted by Gasteiger charge is -2.31. The first-order valence-corrected chi connectivity index (χ1v) is 8.45. The highest BCUT2D eigenvalue weighted by molar-refractivity contribution is 5.39. The van der Waals surface area contributed by atoms with Crippen LogP contribution in [-0.2, 0) is 6.54 Å². The zero-order valence-corrected chi connectivity index (χ0v) is 13.8. The fourth-order valence-electron chi connectivity index (χ4n) is 3.08. The van der Waals surface area contributed by atoms with E-state index in [-0.39, 0.29) is 0 Å². The topological polar surface area (TPSA) is 93.0 Å². The van der Waals surface area contributed by atoms with Gasteiger partial charge in [-0.3, -0.25) is 10.00 Å². The molecular formula is C17H20N6O2. The van der Waals surface area contributed by atoms with Crippen LogP contribution in [0.2, 0.25) is 0 Å². The number of likely N-dealkylation sites (tertiary alicyclic amines) is 1. The highest BCUT2D eigenvalue weighted by Gasteiger charge is 2.22. The molecule has 1 aliphatic heterocycles. The molecule has 1 aliphatic rings. The third-order valence-corrected chi connectivity index (χ3v) is 4.29. The van der Waals surface area contributed by atoms with E-state index in [1.165, 1.54) is 12.7 Å². The van der Waals surface area contributed by atoms with Crippen LogP contribution in [0.1, 0.15) is 18.7 Å². The predicted molar refractivity (Wildman–Crippen MR) is 89.6 cm³/mol. The van der Waals surface area contributed by atoms with Crippen LogP contribution in [-0.4, -0.2) is 49.9 Å². The maximum atomic E-state index is 5.90. The molecule has 8 nitrogen and oxygen atoms in total. The van der Waals surface area contributed by atoms with E-state index in [1.54, 1.807) is 0 Å². The summed E-state index contributed by atoms with van der Waals surface area (Å²) in [5.74, 6) is 2.98. The fourth-order valence-corrected chi connectivity index (χ4v) is 3.08. The van der Waals surface area contributed by atoms with Crippen LogP contribution in [0.4, 0.5) is 0 Å². The molecule has 1 atom stereocenters. The minimum atomic E-state index is 0.438. The van der Waals surface area contributed by atoms with Gasteiger partial charge in [0.25, 0.3) is 0 Å². The van der Waals surface area contributed by atoms with Crippen LogP contribution < -0.4 is 4.74 Å². The van der Waals surface area contributed by atoms with Crippen LogP contribution in [0.25, 0.3) is 11.6 Å². The van der Waals surface area contributed by atoms with Crippen molar-refractivity contribution in [3.63, 3.8) is 0 Å². The number of nitrogens with zero attached hydrogens (tertiary/aromatic N) is 5. The quantitative estimate of drug-likeness (QED) is 0.735. The highest BCUT2D eigenvalue weighted by atomic mass is 16.5. The van der Waals surface area contributed by atoms with Crippen molar-refractivity contribution in [2.45, 2.75) is 19.4 Å². The van der Waals surface area contributed by atoms with Gasteiger partial charge < -0.3 is 9.26 Å². The monoisotopic (exact) mass is 340 g/mol. The van der Waals surface area contributed by atoms with E-state index in [9.17, 15) is 0 Å². The second-order valence-electron chi connectivity index (χ2n) is 6.21. The molecule has 130 valence electrons. The summed E-state index contributed by atoms with van der Waals surface area (Å²) in [7, 11) is 0. The number of H-pyrrole nitrogens is 1. The van der Waals surface area contributed by atoms with Crippen molar-refractivity contribution in [3.05, 3.63) is 42.5 Å². The Morgan fingerprint density at radius 1 is 1.28 bits per heavy atom. The highest BCUT2D eigenvalue weighted by Crippen LogP contribution is 2.20. The van der Waals surface area contributed by atoms with Crippen LogP contribution in [0.5, 0.6) is 5.75 Å². The third kappa shape index (κ3) is 4.03. The van der Waals surface area contributed by atoms with Crippen molar-refractivity contribution in [2.24, 2.45) is 5.92 Å². The molecule has 4 rings (SSSR count). The molecule has 0 saturated carbocycles. The van der Waals surface area contributed by atoms with Gasteiger partial charge in [-0.25, -0.2) is 4.98 Å². The number of ether oxygens (including phenoxy) is 1. The van der Waals surface area contributed by atoms with E-state index in [0.717, 1.165) is 31.9 Å². The summed E-state index contributed by atoms with van der Waals surface area (Å²) >= 11 is 0. The maximum Gasteiger partial charge on any atom is 0.241 e.